The third-order valence-corrected chi connectivity index (χ3v) is 3.52. The van der Waals surface area contributed by atoms with E-state index >= 15 is 0 Å². The summed E-state index contributed by atoms with van der Waals surface area (Å²) in [6.07, 6.45) is 1.75. The van der Waals surface area contributed by atoms with E-state index in [4.69, 9.17) is 11.6 Å². The summed E-state index contributed by atoms with van der Waals surface area (Å²) >= 11 is 6.21. The number of piperazine rings is 1. The van der Waals surface area contributed by atoms with E-state index in [0.29, 0.717) is 6.04 Å². The van der Waals surface area contributed by atoms with Gasteiger partial charge in [0.25, 0.3) is 0 Å². The first-order chi connectivity index (χ1) is 7.74. The molecule has 4 nitrogen and oxygen atoms in total. The van der Waals surface area contributed by atoms with Gasteiger partial charge in [0.2, 0.25) is 0 Å². The normalized spacial score (nSPS) is 19.9. The van der Waals surface area contributed by atoms with Gasteiger partial charge in [-0.3, -0.25) is 9.58 Å². The Bertz CT molecular complexity index is 344. The van der Waals surface area contributed by atoms with E-state index in [1.54, 1.807) is 6.20 Å². The van der Waals surface area contributed by atoms with Gasteiger partial charge in [-0.25, -0.2) is 0 Å². The van der Waals surface area contributed by atoms with Gasteiger partial charge in [0.15, 0.2) is 0 Å². The second-order valence-electron chi connectivity index (χ2n) is 4.16. The molecule has 1 N–H and O–H groups in total. The van der Waals surface area contributed by atoms with Gasteiger partial charge in [-0.05, 0) is 13.8 Å². The van der Waals surface area contributed by atoms with Crippen molar-refractivity contribution in [1.29, 1.82) is 0 Å². The minimum atomic E-state index is 0.344. The van der Waals surface area contributed by atoms with Crippen LogP contribution in [0.1, 0.15) is 25.6 Å². The summed E-state index contributed by atoms with van der Waals surface area (Å²) in [5.74, 6) is 0. The molecule has 0 radical (unpaired) electrons. The van der Waals surface area contributed by atoms with Gasteiger partial charge in [0.05, 0.1) is 23.0 Å². The quantitative estimate of drug-likeness (QED) is 0.873. The van der Waals surface area contributed by atoms with Crippen molar-refractivity contribution in [3.63, 3.8) is 0 Å². The molecular formula is C11H19ClN4. The van der Waals surface area contributed by atoms with Crippen LogP contribution in [0.3, 0.4) is 0 Å². The van der Waals surface area contributed by atoms with Gasteiger partial charge in [-0.2, -0.15) is 5.10 Å². The van der Waals surface area contributed by atoms with Crippen LogP contribution in [0.15, 0.2) is 6.20 Å². The molecule has 2 rings (SSSR count). The highest BCUT2D eigenvalue weighted by Gasteiger charge is 2.23. The monoisotopic (exact) mass is 242 g/mol. The van der Waals surface area contributed by atoms with Gasteiger partial charge < -0.3 is 5.32 Å². The first kappa shape index (κ1) is 11.9. The van der Waals surface area contributed by atoms with E-state index in [9.17, 15) is 0 Å². The Morgan fingerprint density at radius 3 is 2.81 bits per heavy atom. The maximum atomic E-state index is 6.21. The third-order valence-electron chi connectivity index (χ3n) is 3.23. The smallest absolute Gasteiger partial charge is 0.0834 e. The predicted octanol–water partition coefficient (Wildman–Crippen LogP) is 1.52. The van der Waals surface area contributed by atoms with Crippen molar-refractivity contribution < 1.29 is 0 Å². The highest BCUT2D eigenvalue weighted by Crippen LogP contribution is 2.27. The first-order valence-electron chi connectivity index (χ1n) is 5.90. The Balaban J connectivity index is 2.18. The van der Waals surface area contributed by atoms with E-state index in [1.165, 1.54) is 0 Å². The lowest BCUT2D eigenvalue weighted by Crippen LogP contribution is -2.44. The molecule has 0 aromatic carbocycles. The van der Waals surface area contributed by atoms with Crippen LogP contribution in [0, 0.1) is 0 Å². The zero-order chi connectivity index (χ0) is 11.5. The highest BCUT2D eigenvalue weighted by molar-refractivity contribution is 6.31. The molecule has 5 heteroatoms. The molecule has 1 aliphatic heterocycles. The molecule has 1 atom stereocenters. The van der Waals surface area contributed by atoms with Crippen LogP contribution in [0.2, 0.25) is 5.02 Å². The maximum absolute atomic E-state index is 6.21. The van der Waals surface area contributed by atoms with Crippen LogP contribution in [0.5, 0.6) is 0 Å². The van der Waals surface area contributed by atoms with E-state index in [0.717, 1.165) is 43.4 Å². The molecular weight excluding hydrogens is 224 g/mol. The van der Waals surface area contributed by atoms with Crippen LogP contribution < -0.4 is 5.32 Å². The number of nitrogens with one attached hydrogen (secondary N) is 1. The average molecular weight is 243 g/mol. The second kappa shape index (κ2) is 5.17. The molecule has 1 aromatic heterocycles. The summed E-state index contributed by atoms with van der Waals surface area (Å²) in [4.78, 5) is 2.45. The minimum absolute atomic E-state index is 0.344. The SMILES string of the molecule is CCn1ncc(Cl)c1C(C)N1CCNCC1. The molecule has 0 spiro atoms. The molecule has 1 aromatic rings. The summed E-state index contributed by atoms with van der Waals surface area (Å²) < 4.78 is 2.00. The van der Waals surface area contributed by atoms with Crippen LogP contribution in [0.4, 0.5) is 0 Å². The summed E-state index contributed by atoms with van der Waals surface area (Å²) in [5.41, 5.74) is 1.14. The molecule has 90 valence electrons. The lowest BCUT2D eigenvalue weighted by molar-refractivity contribution is 0.178. The summed E-state index contributed by atoms with van der Waals surface area (Å²) in [6, 6.07) is 0.344. The molecule has 1 saturated heterocycles. The first-order valence-corrected chi connectivity index (χ1v) is 6.27. The molecule has 1 fully saturated rings. The number of halogens is 1. The van der Waals surface area contributed by atoms with Gasteiger partial charge in [-0.1, -0.05) is 11.6 Å². The molecule has 2 heterocycles. The van der Waals surface area contributed by atoms with Crippen molar-refractivity contribution >= 4 is 11.6 Å². The molecule has 0 saturated carbocycles. The molecule has 1 aliphatic rings. The fraction of sp³-hybridized carbons (Fsp3) is 0.727. The summed E-state index contributed by atoms with van der Waals surface area (Å²) in [5, 5.41) is 8.44. The lowest BCUT2D eigenvalue weighted by Gasteiger charge is -2.33. The number of hydrogen-bond acceptors (Lipinski definition) is 3. The predicted molar refractivity (Wildman–Crippen MR) is 65.8 cm³/mol. The van der Waals surface area contributed by atoms with E-state index < -0.39 is 0 Å². The topological polar surface area (TPSA) is 33.1 Å². The number of hydrogen-bond donors (Lipinski definition) is 1. The zero-order valence-corrected chi connectivity index (χ0v) is 10.7. The Kier molecular flexibility index (Phi) is 3.84. The van der Waals surface area contributed by atoms with Crippen molar-refractivity contribution in [2.75, 3.05) is 26.2 Å². The van der Waals surface area contributed by atoms with Gasteiger partial charge in [0, 0.05) is 32.7 Å². The van der Waals surface area contributed by atoms with Crippen molar-refractivity contribution in [1.82, 2.24) is 20.0 Å². The highest BCUT2D eigenvalue weighted by atomic mass is 35.5. The number of nitrogens with zero attached hydrogens (tertiary/aromatic N) is 3. The van der Waals surface area contributed by atoms with Gasteiger partial charge in [0.1, 0.15) is 0 Å². The number of rotatable bonds is 3. The Morgan fingerprint density at radius 1 is 1.50 bits per heavy atom. The van der Waals surface area contributed by atoms with Gasteiger partial charge in [-0.15, -0.1) is 0 Å². The summed E-state index contributed by atoms with van der Waals surface area (Å²) in [6.45, 7) is 9.44. The standard InChI is InChI=1S/C11H19ClN4/c1-3-16-11(10(12)8-14-16)9(2)15-6-4-13-5-7-15/h8-9,13H,3-7H2,1-2H3. The average Bonchev–Trinajstić information content (AvgIpc) is 2.70. The summed E-state index contributed by atoms with van der Waals surface area (Å²) in [7, 11) is 0. The Morgan fingerprint density at radius 2 is 2.19 bits per heavy atom. The maximum Gasteiger partial charge on any atom is 0.0834 e. The molecule has 1 unspecified atom stereocenters. The zero-order valence-electron chi connectivity index (χ0n) is 9.91. The van der Waals surface area contributed by atoms with E-state index in [1.807, 2.05) is 4.68 Å². The molecule has 16 heavy (non-hydrogen) atoms. The number of aromatic nitrogens is 2. The number of aryl methyl sites for hydroxylation is 1. The lowest BCUT2D eigenvalue weighted by atomic mass is 10.2. The van der Waals surface area contributed by atoms with Crippen molar-refractivity contribution in [3.05, 3.63) is 16.9 Å². The van der Waals surface area contributed by atoms with Crippen LogP contribution >= 0.6 is 11.6 Å². The fourth-order valence-electron chi connectivity index (χ4n) is 2.28. The van der Waals surface area contributed by atoms with Crippen LogP contribution in [-0.4, -0.2) is 40.9 Å². The largest absolute Gasteiger partial charge is 0.314 e. The fourth-order valence-corrected chi connectivity index (χ4v) is 2.58. The van der Waals surface area contributed by atoms with Gasteiger partial charge >= 0.3 is 0 Å². The Hall–Kier alpha value is -0.580. The van der Waals surface area contributed by atoms with E-state index in [-0.39, 0.29) is 0 Å². The second-order valence-corrected chi connectivity index (χ2v) is 4.56. The van der Waals surface area contributed by atoms with Crippen molar-refractivity contribution in [2.24, 2.45) is 0 Å². The van der Waals surface area contributed by atoms with Crippen LogP contribution in [0.25, 0.3) is 0 Å². The van der Waals surface area contributed by atoms with Crippen molar-refractivity contribution in [3.8, 4) is 0 Å². The van der Waals surface area contributed by atoms with Crippen LogP contribution in [-0.2, 0) is 6.54 Å². The molecule has 0 aliphatic carbocycles. The van der Waals surface area contributed by atoms with E-state index in [2.05, 4.69) is 29.2 Å². The molecule has 0 amide bonds. The molecule has 0 bridgehead atoms. The van der Waals surface area contributed by atoms with Crippen molar-refractivity contribution in [2.45, 2.75) is 26.4 Å². The Labute approximate surface area is 102 Å². The minimum Gasteiger partial charge on any atom is -0.314 e. The third kappa shape index (κ3) is 2.24.